The van der Waals surface area contributed by atoms with Crippen LogP contribution in [0.5, 0.6) is 5.75 Å². The lowest BCUT2D eigenvalue weighted by Crippen LogP contribution is -2.29. The van der Waals surface area contributed by atoms with Crippen LogP contribution in [-0.4, -0.2) is 55.7 Å². The smallest absolute Gasteiger partial charge is 0.324 e. The van der Waals surface area contributed by atoms with Crippen LogP contribution in [0, 0.1) is 11.7 Å². The van der Waals surface area contributed by atoms with Crippen molar-refractivity contribution in [3.8, 4) is 5.75 Å². The molecule has 0 spiro atoms. The number of urea groups is 1. The molecular weight excluding hydrogens is 425 g/mol. The van der Waals surface area contributed by atoms with Gasteiger partial charge in [0.2, 0.25) is 5.91 Å². The molecule has 0 radical (unpaired) electrons. The second-order valence-electron chi connectivity index (χ2n) is 8.29. The Hall–Kier alpha value is -2.62. The number of halogens is 1. The zero-order valence-electron chi connectivity index (χ0n) is 17.2. The van der Waals surface area contributed by atoms with Crippen LogP contribution in [0.25, 0.3) is 10.9 Å². The number of hydrogen-bond acceptors (Lipinski definition) is 5. The second-order valence-corrected chi connectivity index (χ2v) is 10.5. The summed E-state index contributed by atoms with van der Waals surface area (Å²) >= 11 is 0. The number of carbonyl (C=O) groups excluding carboxylic acids is 2. The molecule has 3 amide bonds. The second kappa shape index (κ2) is 8.86. The van der Waals surface area contributed by atoms with Crippen molar-refractivity contribution in [2.75, 3.05) is 25.4 Å². The molecule has 0 atom stereocenters. The molecule has 0 bridgehead atoms. The Morgan fingerprint density at radius 2 is 1.97 bits per heavy atom. The van der Waals surface area contributed by atoms with Gasteiger partial charge in [0, 0.05) is 18.1 Å². The van der Waals surface area contributed by atoms with E-state index in [9.17, 15) is 22.4 Å². The number of amides is 3. The molecule has 2 fully saturated rings. The lowest BCUT2D eigenvalue weighted by Gasteiger charge is -2.12. The molecule has 10 heteroatoms. The van der Waals surface area contributed by atoms with Gasteiger partial charge in [0.1, 0.15) is 6.54 Å². The van der Waals surface area contributed by atoms with Crippen molar-refractivity contribution in [2.45, 2.75) is 37.9 Å². The molecule has 0 unspecified atom stereocenters. The quantitative estimate of drug-likeness (QED) is 0.403. The fraction of sp³-hybridized carbons (Fsp3) is 0.524. The summed E-state index contributed by atoms with van der Waals surface area (Å²) in [6.07, 6.45) is 5.52. The summed E-state index contributed by atoms with van der Waals surface area (Å²) in [4.78, 5) is 27.0. The topological polar surface area (TPSA) is 109 Å². The summed E-state index contributed by atoms with van der Waals surface area (Å²) in [5.74, 6) is -0.256. The average molecular weight is 452 g/mol. The van der Waals surface area contributed by atoms with Gasteiger partial charge in [-0.3, -0.25) is 10.1 Å². The standard InChI is InChI=1S/C21H26FN3O5S/c22-17-7-6-16-15(10-23-19(16)20(17)30-12-14-4-5-14)13-31(28,29)9-3-1-2-8-25-11-18(26)24-21(25)27/h6-7,10,14,23H,1-5,8-9,11-13H2,(H,24,26,27). The van der Waals surface area contributed by atoms with Crippen LogP contribution in [0.15, 0.2) is 18.3 Å². The minimum Gasteiger partial charge on any atom is -0.488 e. The number of benzene rings is 1. The van der Waals surface area contributed by atoms with E-state index in [-0.39, 0.29) is 29.7 Å². The Balaban J connectivity index is 1.30. The minimum absolute atomic E-state index is 0.0248. The summed E-state index contributed by atoms with van der Waals surface area (Å²) in [7, 11) is -3.36. The number of fused-ring (bicyclic) bond motifs is 1. The molecule has 1 aromatic carbocycles. The number of nitrogens with zero attached hydrogens (tertiary/aromatic N) is 1. The molecule has 2 aromatic rings. The molecule has 2 heterocycles. The Kier molecular flexibility index (Phi) is 6.17. The first kappa shape index (κ1) is 21.6. The van der Waals surface area contributed by atoms with Crippen molar-refractivity contribution in [2.24, 2.45) is 5.92 Å². The van der Waals surface area contributed by atoms with E-state index in [2.05, 4.69) is 10.3 Å². The Morgan fingerprint density at radius 3 is 2.68 bits per heavy atom. The zero-order valence-corrected chi connectivity index (χ0v) is 18.0. The zero-order chi connectivity index (χ0) is 22.0. The first-order valence-electron chi connectivity index (χ1n) is 10.5. The fourth-order valence-corrected chi connectivity index (χ4v) is 5.23. The lowest BCUT2D eigenvalue weighted by atomic mass is 10.2. The number of aromatic nitrogens is 1. The van der Waals surface area contributed by atoms with Gasteiger partial charge in [0.25, 0.3) is 0 Å². The molecule has 1 aliphatic heterocycles. The third-order valence-electron chi connectivity index (χ3n) is 5.63. The third-order valence-corrected chi connectivity index (χ3v) is 7.29. The average Bonchev–Trinajstić information content (AvgIpc) is 3.37. The molecule has 1 saturated carbocycles. The van der Waals surface area contributed by atoms with Gasteiger partial charge in [-0.2, -0.15) is 0 Å². The van der Waals surface area contributed by atoms with E-state index in [1.54, 1.807) is 12.3 Å². The summed E-state index contributed by atoms with van der Waals surface area (Å²) in [5.41, 5.74) is 1.09. The maximum absolute atomic E-state index is 14.2. The molecular formula is C21H26FN3O5S. The van der Waals surface area contributed by atoms with Crippen molar-refractivity contribution < 1.29 is 27.1 Å². The minimum atomic E-state index is -3.36. The number of aromatic amines is 1. The van der Waals surface area contributed by atoms with Crippen molar-refractivity contribution in [1.29, 1.82) is 0 Å². The van der Waals surface area contributed by atoms with Gasteiger partial charge >= 0.3 is 6.03 Å². The highest BCUT2D eigenvalue weighted by Gasteiger charge is 2.26. The SMILES string of the molecule is O=C1CN(CCCCCS(=O)(=O)Cc2c[nH]c3c(OCC4CC4)c(F)ccc23)C(=O)N1. The normalized spacial score (nSPS) is 16.9. The van der Waals surface area contributed by atoms with Crippen molar-refractivity contribution >= 4 is 32.7 Å². The molecule has 1 saturated heterocycles. The Labute approximate surface area is 180 Å². The van der Waals surface area contributed by atoms with Gasteiger partial charge in [-0.05, 0) is 49.3 Å². The van der Waals surface area contributed by atoms with E-state index in [1.165, 1.54) is 11.0 Å². The molecule has 168 valence electrons. The number of rotatable bonds is 11. The van der Waals surface area contributed by atoms with Crippen molar-refractivity contribution in [3.63, 3.8) is 0 Å². The highest BCUT2D eigenvalue weighted by atomic mass is 32.2. The van der Waals surface area contributed by atoms with E-state index < -0.39 is 21.7 Å². The van der Waals surface area contributed by atoms with Gasteiger partial charge in [-0.25, -0.2) is 17.6 Å². The van der Waals surface area contributed by atoms with Crippen LogP contribution in [0.1, 0.15) is 37.7 Å². The monoisotopic (exact) mass is 451 g/mol. The van der Waals surface area contributed by atoms with E-state index in [1.807, 2.05) is 0 Å². The molecule has 1 aliphatic carbocycles. The number of hydrogen-bond donors (Lipinski definition) is 2. The first-order valence-corrected chi connectivity index (χ1v) is 12.3. The maximum Gasteiger partial charge on any atom is 0.324 e. The van der Waals surface area contributed by atoms with Gasteiger partial charge < -0.3 is 14.6 Å². The number of H-pyrrole nitrogens is 1. The van der Waals surface area contributed by atoms with Crippen LogP contribution in [-0.2, 0) is 20.4 Å². The summed E-state index contributed by atoms with van der Waals surface area (Å²) in [6, 6.07) is 2.50. The summed E-state index contributed by atoms with van der Waals surface area (Å²) in [6.45, 7) is 0.954. The van der Waals surface area contributed by atoms with Crippen LogP contribution in [0.3, 0.4) is 0 Å². The van der Waals surface area contributed by atoms with Crippen LogP contribution >= 0.6 is 0 Å². The molecule has 1 aromatic heterocycles. The van der Waals surface area contributed by atoms with Crippen LogP contribution in [0.2, 0.25) is 0 Å². The van der Waals surface area contributed by atoms with Crippen molar-refractivity contribution in [1.82, 2.24) is 15.2 Å². The molecule has 2 aliphatic rings. The highest BCUT2D eigenvalue weighted by molar-refractivity contribution is 7.90. The molecule has 4 rings (SSSR count). The predicted octanol–water partition coefficient (Wildman–Crippen LogP) is 2.73. The largest absolute Gasteiger partial charge is 0.488 e. The van der Waals surface area contributed by atoms with E-state index >= 15 is 0 Å². The first-order chi connectivity index (χ1) is 14.8. The van der Waals surface area contributed by atoms with Gasteiger partial charge in [0.15, 0.2) is 21.4 Å². The van der Waals surface area contributed by atoms with E-state index in [0.717, 1.165) is 12.8 Å². The van der Waals surface area contributed by atoms with Crippen LogP contribution in [0.4, 0.5) is 9.18 Å². The third kappa shape index (κ3) is 5.36. The van der Waals surface area contributed by atoms with Gasteiger partial charge in [-0.15, -0.1) is 0 Å². The predicted molar refractivity (Wildman–Crippen MR) is 113 cm³/mol. The summed E-state index contributed by atoms with van der Waals surface area (Å²) < 4.78 is 45.1. The number of imide groups is 1. The fourth-order valence-electron chi connectivity index (χ4n) is 3.73. The van der Waals surface area contributed by atoms with E-state index in [0.29, 0.717) is 54.8 Å². The van der Waals surface area contributed by atoms with E-state index in [4.69, 9.17) is 4.74 Å². The number of unbranched alkanes of at least 4 members (excludes halogenated alkanes) is 2. The summed E-state index contributed by atoms with van der Waals surface area (Å²) in [5, 5.41) is 2.87. The maximum atomic E-state index is 14.2. The lowest BCUT2D eigenvalue weighted by molar-refractivity contribution is -0.118. The number of sulfone groups is 1. The van der Waals surface area contributed by atoms with Crippen molar-refractivity contribution in [3.05, 3.63) is 29.7 Å². The number of ether oxygens (including phenoxy) is 1. The highest BCUT2D eigenvalue weighted by Crippen LogP contribution is 2.34. The Morgan fingerprint density at radius 1 is 1.16 bits per heavy atom. The molecule has 2 N–H and O–H groups in total. The number of nitrogens with one attached hydrogen (secondary N) is 2. The van der Waals surface area contributed by atoms with Gasteiger partial charge in [-0.1, -0.05) is 6.42 Å². The Bertz CT molecular complexity index is 1090. The van der Waals surface area contributed by atoms with Crippen LogP contribution < -0.4 is 10.1 Å². The molecule has 8 nitrogen and oxygen atoms in total. The number of carbonyl (C=O) groups is 2. The molecule has 31 heavy (non-hydrogen) atoms. The van der Waals surface area contributed by atoms with Gasteiger partial charge in [0.05, 0.1) is 23.6 Å².